The lowest BCUT2D eigenvalue weighted by atomic mass is 10.0. The number of anilines is 1. The third kappa shape index (κ3) is 4.40. The van der Waals surface area contributed by atoms with Gasteiger partial charge < -0.3 is 9.88 Å². The van der Waals surface area contributed by atoms with Crippen LogP contribution in [0.2, 0.25) is 0 Å². The van der Waals surface area contributed by atoms with Gasteiger partial charge in [-0.15, -0.1) is 0 Å². The van der Waals surface area contributed by atoms with E-state index in [1.807, 2.05) is 6.07 Å². The molecule has 0 aliphatic carbocycles. The predicted molar refractivity (Wildman–Crippen MR) is 90.6 cm³/mol. The summed E-state index contributed by atoms with van der Waals surface area (Å²) in [7, 11) is 1.75. The molecule has 3 rings (SSSR count). The summed E-state index contributed by atoms with van der Waals surface area (Å²) in [6.07, 6.45) is -1.98. The Bertz CT molecular complexity index is 813. The van der Waals surface area contributed by atoms with Crippen LogP contribution in [0.4, 0.5) is 19.0 Å². The lowest BCUT2D eigenvalue weighted by Gasteiger charge is -2.32. The molecular weight excluding hydrogens is 347 g/mol. The van der Waals surface area contributed by atoms with Gasteiger partial charge in [0.2, 0.25) is 5.56 Å². The van der Waals surface area contributed by atoms with E-state index in [-0.39, 0.29) is 17.4 Å². The van der Waals surface area contributed by atoms with Crippen LogP contribution in [0.1, 0.15) is 24.2 Å². The highest BCUT2D eigenvalue weighted by Gasteiger charge is 2.33. The van der Waals surface area contributed by atoms with E-state index in [1.165, 1.54) is 6.07 Å². The maximum Gasteiger partial charge on any atom is 0.433 e. The number of hydrogen-bond acceptors (Lipinski definition) is 5. The van der Waals surface area contributed by atoms with Crippen molar-refractivity contribution >= 4 is 5.82 Å². The molecule has 0 radical (unpaired) electrons. The molecule has 3 heterocycles. The van der Waals surface area contributed by atoms with Crippen molar-refractivity contribution in [3.05, 3.63) is 52.3 Å². The molecule has 1 saturated heterocycles. The van der Waals surface area contributed by atoms with Crippen molar-refractivity contribution in [3.8, 4) is 0 Å². The first-order valence-corrected chi connectivity index (χ1v) is 8.36. The first kappa shape index (κ1) is 18.4. The van der Waals surface area contributed by atoms with Crippen LogP contribution >= 0.6 is 0 Å². The number of halogens is 3. The van der Waals surface area contributed by atoms with Crippen LogP contribution in [0.25, 0.3) is 0 Å². The second-order valence-electron chi connectivity index (χ2n) is 6.40. The molecular formula is C17H20F3N5O. The highest BCUT2D eigenvalue weighted by Crippen LogP contribution is 2.28. The zero-order chi connectivity index (χ0) is 18.7. The Labute approximate surface area is 148 Å². The Morgan fingerprint density at radius 2 is 1.96 bits per heavy atom. The van der Waals surface area contributed by atoms with E-state index in [9.17, 15) is 18.0 Å². The second kappa shape index (κ2) is 7.45. The van der Waals surface area contributed by atoms with E-state index in [0.717, 1.165) is 44.0 Å². The number of nitrogens with zero attached hydrogens (tertiary/aromatic N) is 4. The lowest BCUT2D eigenvalue weighted by Crippen LogP contribution is -2.39. The second-order valence-corrected chi connectivity index (χ2v) is 6.40. The number of rotatable bonds is 4. The Morgan fingerprint density at radius 1 is 1.23 bits per heavy atom. The molecule has 9 heteroatoms. The molecule has 1 aliphatic heterocycles. The zero-order valence-electron chi connectivity index (χ0n) is 14.3. The van der Waals surface area contributed by atoms with Crippen molar-refractivity contribution in [2.45, 2.75) is 31.6 Å². The summed E-state index contributed by atoms with van der Waals surface area (Å²) in [5.74, 6) is 0.191. The van der Waals surface area contributed by atoms with Crippen molar-refractivity contribution in [2.24, 2.45) is 7.05 Å². The molecule has 6 nitrogen and oxygen atoms in total. The minimum Gasteiger partial charge on any atom is -0.367 e. The number of hydrogen-bond donors (Lipinski definition) is 1. The highest BCUT2D eigenvalue weighted by atomic mass is 19.4. The number of pyridine rings is 1. The largest absolute Gasteiger partial charge is 0.433 e. The van der Waals surface area contributed by atoms with Gasteiger partial charge in [0, 0.05) is 50.6 Å². The fraction of sp³-hybridized carbons (Fsp3) is 0.471. The number of nitrogens with one attached hydrogen (secondary N) is 1. The first-order valence-electron chi connectivity index (χ1n) is 8.36. The van der Waals surface area contributed by atoms with E-state index in [0.29, 0.717) is 6.54 Å². The van der Waals surface area contributed by atoms with E-state index in [2.05, 4.69) is 20.2 Å². The third-order valence-corrected chi connectivity index (χ3v) is 4.57. The summed E-state index contributed by atoms with van der Waals surface area (Å²) in [6, 6.07) is 6.19. The first-order chi connectivity index (χ1) is 12.3. The van der Waals surface area contributed by atoms with Gasteiger partial charge in [0.15, 0.2) is 0 Å². The van der Waals surface area contributed by atoms with Gasteiger partial charge in [0.25, 0.3) is 0 Å². The van der Waals surface area contributed by atoms with E-state index in [4.69, 9.17) is 0 Å². The van der Waals surface area contributed by atoms with Gasteiger partial charge >= 0.3 is 6.18 Å². The standard InChI is InChI=1S/C17H20F3N5O/c1-24-13(3-2-4-16(24)26)10-25-7-5-12(6-8-25)23-15-9-14(17(18,19)20)21-11-22-15/h2-4,9,11-12H,5-8,10H2,1H3,(H,21,22,23). The van der Waals surface area contributed by atoms with Crippen LogP contribution in [0, 0.1) is 0 Å². The molecule has 0 bridgehead atoms. The highest BCUT2D eigenvalue weighted by molar-refractivity contribution is 5.36. The van der Waals surface area contributed by atoms with Gasteiger partial charge in [-0.05, 0) is 18.9 Å². The Morgan fingerprint density at radius 3 is 2.65 bits per heavy atom. The minimum absolute atomic E-state index is 0.0386. The van der Waals surface area contributed by atoms with Crippen molar-refractivity contribution in [1.82, 2.24) is 19.4 Å². The number of likely N-dealkylation sites (tertiary alicyclic amines) is 1. The monoisotopic (exact) mass is 367 g/mol. The molecule has 1 N–H and O–H groups in total. The molecule has 0 unspecified atom stereocenters. The smallest absolute Gasteiger partial charge is 0.367 e. The van der Waals surface area contributed by atoms with Gasteiger partial charge in [0.05, 0.1) is 0 Å². The van der Waals surface area contributed by atoms with Crippen LogP contribution in [-0.4, -0.2) is 38.6 Å². The average Bonchev–Trinajstić information content (AvgIpc) is 2.60. The molecule has 1 fully saturated rings. The summed E-state index contributed by atoms with van der Waals surface area (Å²) in [6.45, 7) is 2.25. The molecule has 0 amide bonds. The summed E-state index contributed by atoms with van der Waals surface area (Å²) >= 11 is 0. The molecule has 2 aromatic heterocycles. The van der Waals surface area contributed by atoms with E-state index >= 15 is 0 Å². The lowest BCUT2D eigenvalue weighted by molar-refractivity contribution is -0.141. The Kier molecular flexibility index (Phi) is 5.26. The van der Waals surface area contributed by atoms with Gasteiger partial charge in [-0.2, -0.15) is 13.2 Å². The Balaban J connectivity index is 1.56. The number of alkyl halides is 3. The number of piperidine rings is 1. The van der Waals surface area contributed by atoms with Gasteiger partial charge in [-0.25, -0.2) is 9.97 Å². The van der Waals surface area contributed by atoms with E-state index in [1.54, 1.807) is 17.7 Å². The maximum absolute atomic E-state index is 12.7. The van der Waals surface area contributed by atoms with Gasteiger partial charge in [0.1, 0.15) is 17.8 Å². The summed E-state index contributed by atoms with van der Waals surface area (Å²) in [4.78, 5) is 21.1. The van der Waals surface area contributed by atoms with Crippen molar-refractivity contribution in [3.63, 3.8) is 0 Å². The normalized spacial score (nSPS) is 16.6. The van der Waals surface area contributed by atoms with Crippen LogP contribution in [-0.2, 0) is 19.8 Å². The van der Waals surface area contributed by atoms with Crippen molar-refractivity contribution in [1.29, 1.82) is 0 Å². The molecule has 1 aliphatic rings. The molecule has 0 saturated carbocycles. The summed E-state index contributed by atoms with van der Waals surface area (Å²) in [5.41, 5.74) is -0.0461. The molecule has 0 spiro atoms. The van der Waals surface area contributed by atoms with Gasteiger partial charge in [-0.3, -0.25) is 9.69 Å². The SMILES string of the molecule is Cn1c(CN2CCC(Nc3cc(C(F)(F)F)ncn3)CC2)cccc1=O. The Hall–Kier alpha value is -2.42. The van der Waals surface area contributed by atoms with Crippen LogP contribution < -0.4 is 10.9 Å². The summed E-state index contributed by atoms with van der Waals surface area (Å²) < 4.78 is 39.8. The van der Waals surface area contributed by atoms with Crippen LogP contribution in [0.3, 0.4) is 0 Å². The number of aromatic nitrogens is 3. The summed E-state index contributed by atoms with van der Waals surface area (Å²) in [5, 5.41) is 3.07. The molecule has 0 atom stereocenters. The fourth-order valence-electron chi connectivity index (χ4n) is 3.03. The van der Waals surface area contributed by atoms with E-state index < -0.39 is 11.9 Å². The zero-order valence-corrected chi connectivity index (χ0v) is 14.3. The molecule has 140 valence electrons. The van der Waals surface area contributed by atoms with Gasteiger partial charge in [-0.1, -0.05) is 6.07 Å². The van der Waals surface area contributed by atoms with Crippen LogP contribution in [0.5, 0.6) is 0 Å². The fourth-order valence-corrected chi connectivity index (χ4v) is 3.03. The quantitative estimate of drug-likeness (QED) is 0.898. The topological polar surface area (TPSA) is 63.1 Å². The third-order valence-electron chi connectivity index (χ3n) is 4.57. The molecule has 0 aromatic carbocycles. The van der Waals surface area contributed by atoms with Crippen molar-refractivity contribution < 1.29 is 13.2 Å². The van der Waals surface area contributed by atoms with Crippen LogP contribution in [0.15, 0.2) is 35.4 Å². The minimum atomic E-state index is -4.48. The predicted octanol–water partition coefficient (Wildman–Crippen LogP) is 2.27. The molecule has 26 heavy (non-hydrogen) atoms. The molecule has 2 aromatic rings. The van der Waals surface area contributed by atoms with Crippen molar-refractivity contribution in [2.75, 3.05) is 18.4 Å². The maximum atomic E-state index is 12.7. The average molecular weight is 367 g/mol.